The zero-order chi connectivity index (χ0) is 15.0. The van der Waals surface area contributed by atoms with Gasteiger partial charge in [-0.2, -0.15) is 4.37 Å². The van der Waals surface area contributed by atoms with E-state index in [-0.39, 0.29) is 16.0 Å². The van der Waals surface area contributed by atoms with Gasteiger partial charge >= 0.3 is 0 Å². The number of hydrogen-bond donors (Lipinski definition) is 2. The number of likely N-dealkylation sites (tertiary alicyclic amines) is 1. The van der Waals surface area contributed by atoms with Gasteiger partial charge in [-0.3, -0.25) is 0 Å². The van der Waals surface area contributed by atoms with Gasteiger partial charge in [0.15, 0.2) is 15.7 Å². The van der Waals surface area contributed by atoms with E-state index in [4.69, 9.17) is 5.73 Å². The third-order valence-corrected chi connectivity index (χ3v) is 7.62. The summed E-state index contributed by atoms with van der Waals surface area (Å²) in [6, 6.07) is 0.443. The zero-order valence-corrected chi connectivity index (χ0v) is 13.8. The largest absolute Gasteiger partial charge is 0.382 e. The van der Waals surface area contributed by atoms with Crippen molar-refractivity contribution in [1.29, 1.82) is 0 Å². The monoisotopic (exact) mass is 330 g/mol. The van der Waals surface area contributed by atoms with Crippen LogP contribution in [0.5, 0.6) is 0 Å². The highest BCUT2D eigenvalue weighted by Crippen LogP contribution is 2.41. The van der Waals surface area contributed by atoms with Gasteiger partial charge < -0.3 is 16.0 Å². The molecule has 1 atom stereocenters. The molecule has 2 fully saturated rings. The van der Waals surface area contributed by atoms with E-state index in [1.54, 1.807) is 0 Å². The van der Waals surface area contributed by atoms with E-state index in [9.17, 15) is 8.42 Å². The summed E-state index contributed by atoms with van der Waals surface area (Å²) in [5.74, 6) is 0.145. The van der Waals surface area contributed by atoms with E-state index in [0.29, 0.717) is 11.0 Å². The number of nitrogens with one attached hydrogen (secondary N) is 1. The van der Waals surface area contributed by atoms with Gasteiger partial charge in [0, 0.05) is 12.6 Å². The Bertz CT molecular complexity index is 610. The number of piperidine rings is 1. The van der Waals surface area contributed by atoms with Crippen molar-refractivity contribution in [2.24, 2.45) is 0 Å². The Hall–Kier alpha value is -0.860. The van der Waals surface area contributed by atoms with Crippen LogP contribution in [0.3, 0.4) is 0 Å². The third-order valence-electron chi connectivity index (χ3n) is 4.34. The summed E-state index contributed by atoms with van der Waals surface area (Å²) in [5, 5.41) is 3.63. The first-order chi connectivity index (χ1) is 10.00. The number of likely N-dealkylation sites (N-methyl/N-ethyl adjacent to an activating group) is 1. The number of nitrogens with zero attached hydrogens (tertiary/aromatic N) is 2. The second-order valence-corrected chi connectivity index (χ2v) is 8.92. The van der Waals surface area contributed by atoms with Gasteiger partial charge in [-0.1, -0.05) is 6.42 Å². The summed E-state index contributed by atoms with van der Waals surface area (Å²) in [7, 11) is -1.18. The molecule has 2 heterocycles. The number of nitrogen functional groups attached to an aromatic ring is 1. The summed E-state index contributed by atoms with van der Waals surface area (Å²) in [6.45, 7) is 1.84. The zero-order valence-electron chi connectivity index (χ0n) is 12.2. The van der Waals surface area contributed by atoms with Crippen molar-refractivity contribution < 1.29 is 8.42 Å². The van der Waals surface area contributed by atoms with Crippen LogP contribution in [0.25, 0.3) is 0 Å². The molecule has 1 unspecified atom stereocenters. The molecule has 3 rings (SSSR count). The number of sulfone groups is 1. The molecule has 118 valence electrons. The fraction of sp³-hybridized carbons (Fsp3) is 0.769. The number of nitrogens with two attached hydrogens (primary N) is 1. The van der Waals surface area contributed by atoms with E-state index in [1.807, 2.05) is 0 Å². The Kier molecular flexibility index (Phi) is 4.11. The molecule has 1 saturated carbocycles. The maximum absolute atomic E-state index is 12.4. The average molecular weight is 330 g/mol. The number of aromatic nitrogens is 1. The minimum atomic E-state index is -3.30. The van der Waals surface area contributed by atoms with Crippen LogP contribution in [0, 0.1) is 0 Å². The van der Waals surface area contributed by atoms with Gasteiger partial charge in [-0.25, -0.2) is 8.42 Å². The first-order valence-electron chi connectivity index (χ1n) is 7.43. The molecule has 3 N–H and O–H groups in total. The summed E-state index contributed by atoms with van der Waals surface area (Å²) >= 11 is 1.15. The minimum absolute atomic E-state index is 0.145. The Morgan fingerprint density at radius 2 is 2.14 bits per heavy atom. The van der Waals surface area contributed by atoms with Crippen molar-refractivity contribution in [3.05, 3.63) is 0 Å². The van der Waals surface area contributed by atoms with Crippen LogP contribution in [-0.2, 0) is 9.84 Å². The molecular formula is C13H22N4O2S2. The Balaban J connectivity index is 1.74. The second kappa shape index (κ2) is 5.73. The molecule has 1 aromatic rings. The van der Waals surface area contributed by atoms with Gasteiger partial charge in [0.25, 0.3) is 0 Å². The van der Waals surface area contributed by atoms with E-state index in [2.05, 4.69) is 21.6 Å². The van der Waals surface area contributed by atoms with Crippen molar-refractivity contribution in [3.63, 3.8) is 0 Å². The fourth-order valence-corrected chi connectivity index (χ4v) is 5.73. The van der Waals surface area contributed by atoms with Crippen LogP contribution in [0.4, 0.5) is 10.8 Å². The van der Waals surface area contributed by atoms with Crippen molar-refractivity contribution in [2.45, 2.75) is 48.3 Å². The lowest BCUT2D eigenvalue weighted by Gasteiger charge is -2.32. The Morgan fingerprint density at radius 3 is 2.81 bits per heavy atom. The summed E-state index contributed by atoms with van der Waals surface area (Å²) < 4.78 is 28.9. The van der Waals surface area contributed by atoms with Crippen molar-refractivity contribution in [3.8, 4) is 0 Å². The molecule has 0 bridgehead atoms. The van der Waals surface area contributed by atoms with E-state index >= 15 is 0 Å². The Morgan fingerprint density at radius 1 is 1.38 bits per heavy atom. The van der Waals surface area contributed by atoms with Crippen LogP contribution < -0.4 is 11.1 Å². The van der Waals surface area contributed by atoms with Gasteiger partial charge in [0.05, 0.1) is 5.25 Å². The molecule has 0 spiro atoms. The molecular weight excluding hydrogens is 308 g/mol. The third kappa shape index (κ3) is 3.02. The number of hydrogen-bond acceptors (Lipinski definition) is 7. The molecule has 1 saturated heterocycles. The molecule has 0 radical (unpaired) electrons. The van der Waals surface area contributed by atoms with Gasteiger partial charge in [-0.05, 0) is 50.8 Å². The van der Waals surface area contributed by atoms with E-state index in [1.165, 1.54) is 12.8 Å². The van der Waals surface area contributed by atoms with E-state index in [0.717, 1.165) is 43.9 Å². The lowest BCUT2D eigenvalue weighted by molar-refractivity contribution is 0.194. The predicted molar refractivity (Wildman–Crippen MR) is 85.5 cm³/mol. The topological polar surface area (TPSA) is 88.3 Å². The lowest BCUT2D eigenvalue weighted by Crippen LogP contribution is -2.40. The normalized spacial score (nSPS) is 24.1. The van der Waals surface area contributed by atoms with Crippen molar-refractivity contribution >= 4 is 32.2 Å². The molecule has 2 aliphatic rings. The van der Waals surface area contributed by atoms with E-state index < -0.39 is 9.84 Å². The highest BCUT2D eigenvalue weighted by atomic mass is 32.2. The summed E-state index contributed by atoms with van der Waals surface area (Å²) in [4.78, 5) is 2.56. The Labute approximate surface area is 129 Å². The molecule has 1 aromatic heterocycles. The van der Waals surface area contributed by atoms with Crippen LogP contribution in [0.1, 0.15) is 32.1 Å². The molecule has 0 amide bonds. The molecule has 21 heavy (non-hydrogen) atoms. The number of rotatable bonds is 5. The van der Waals surface area contributed by atoms with Gasteiger partial charge in [-0.15, -0.1) is 0 Å². The SMILES string of the molecule is CN1CCCCC1CNc1snc(N)c1S(=O)(=O)C1CC1. The predicted octanol–water partition coefficient (Wildman–Crippen LogP) is 1.56. The van der Waals surface area contributed by atoms with Crippen LogP contribution in [0.2, 0.25) is 0 Å². The summed E-state index contributed by atoms with van der Waals surface area (Å²) in [6.07, 6.45) is 5.09. The van der Waals surface area contributed by atoms with Crippen LogP contribution >= 0.6 is 11.5 Å². The average Bonchev–Trinajstić information content (AvgIpc) is 3.23. The number of anilines is 2. The molecule has 0 aromatic carbocycles. The van der Waals surface area contributed by atoms with Crippen molar-refractivity contribution in [1.82, 2.24) is 9.27 Å². The van der Waals surface area contributed by atoms with Crippen LogP contribution in [0.15, 0.2) is 4.90 Å². The molecule has 1 aliphatic heterocycles. The van der Waals surface area contributed by atoms with Crippen LogP contribution in [-0.4, -0.2) is 49.1 Å². The molecule has 8 heteroatoms. The highest BCUT2D eigenvalue weighted by molar-refractivity contribution is 7.92. The second-order valence-electron chi connectivity index (χ2n) is 5.98. The molecule has 6 nitrogen and oxygen atoms in total. The first-order valence-corrected chi connectivity index (χ1v) is 9.75. The minimum Gasteiger partial charge on any atom is -0.382 e. The maximum Gasteiger partial charge on any atom is 0.187 e. The van der Waals surface area contributed by atoms with Crippen molar-refractivity contribution in [2.75, 3.05) is 31.2 Å². The maximum atomic E-state index is 12.4. The first kappa shape index (κ1) is 15.1. The highest BCUT2D eigenvalue weighted by Gasteiger charge is 2.40. The standard InChI is InChI=1S/C13H22N4O2S2/c1-17-7-3-2-4-9(17)8-15-13-11(12(14)16-20-13)21(18,19)10-5-6-10/h9-10,15H,2-8H2,1H3,(H2,14,16). The molecule has 1 aliphatic carbocycles. The summed E-state index contributed by atoms with van der Waals surface area (Å²) in [5.41, 5.74) is 5.80. The van der Waals surface area contributed by atoms with Gasteiger partial charge in [0.2, 0.25) is 0 Å². The van der Waals surface area contributed by atoms with Gasteiger partial charge in [0.1, 0.15) is 9.90 Å². The fourth-order valence-electron chi connectivity index (χ4n) is 2.84. The lowest BCUT2D eigenvalue weighted by atomic mass is 10.0. The smallest absolute Gasteiger partial charge is 0.187 e. The quantitative estimate of drug-likeness (QED) is 0.852.